The minimum atomic E-state index is -2.54. The van der Waals surface area contributed by atoms with Gasteiger partial charge >= 0.3 is 0 Å². The Hall–Kier alpha value is -1.18. The van der Waals surface area contributed by atoms with Gasteiger partial charge in [0.05, 0.1) is 6.10 Å². The van der Waals surface area contributed by atoms with Gasteiger partial charge < -0.3 is 15.5 Å². The molecule has 0 bridgehead atoms. The van der Waals surface area contributed by atoms with Gasteiger partial charge in [-0.3, -0.25) is 0 Å². The number of rotatable bonds is 6. The Balaban J connectivity index is 1.44. The van der Waals surface area contributed by atoms with E-state index in [0.29, 0.717) is 31.6 Å². The highest BCUT2D eigenvalue weighted by Crippen LogP contribution is 2.39. The molecule has 1 aromatic heterocycles. The molecule has 4 atom stereocenters. The molecular formula is C20H29F2N3O2. The van der Waals surface area contributed by atoms with Crippen molar-refractivity contribution >= 4 is 0 Å². The Morgan fingerprint density at radius 2 is 1.89 bits per heavy atom. The molecule has 4 rings (SSSR count). The lowest BCUT2D eigenvalue weighted by atomic mass is 9.87. The summed E-state index contributed by atoms with van der Waals surface area (Å²) in [5.74, 6) is -1.35. The van der Waals surface area contributed by atoms with Gasteiger partial charge in [-0.1, -0.05) is 0 Å². The number of aliphatic hydroxyl groups is 2. The number of halogens is 2. The zero-order chi connectivity index (χ0) is 19.0. The van der Waals surface area contributed by atoms with Crippen LogP contribution in [0.2, 0.25) is 0 Å². The quantitative estimate of drug-likeness (QED) is 0.705. The lowest BCUT2D eigenvalue weighted by Crippen LogP contribution is -2.45. The number of hydrogen-bond acceptors (Lipinski definition) is 5. The van der Waals surface area contributed by atoms with E-state index in [1.165, 1.54) is 0 Å². The number of alkyl halides is 2. The van der Waals surface area contributed by atoms with Crippen molar-refractivity contribution in [2.45, 2.75) is 81.4 Å². The van der Waals surface area contributed by atoms with Crippen molar-refractivity contribution in [1.29, 1.82) is 0 Å². The van der Waals surface area contributed by atoms with Crippen molar-refractivity contribution < 1.29 is 19.0 Å². The Morgan fingerprint density at radius 1 is 1.15 bits per heavy atom. The van der Waals surface area contributed by atoms with Crippen molar-refractivity contribution in [3.63, 3.8) is 0 Å². The fourth-order valence-electron chi connectivity index (χ4n) is 4.75. The maximum Gasteiger partial charge on any atom is 0.248 e. The minimum absolute atomic E-state index is 0.00760. The maximum atomic E-state index is 13.4. The summed E-state index contributed by atoms with van der Waals surface area (Å²) in [7, 11) is 0. The zero-order valence-corrected chi connectivity index (χ0v) is 15.5. The smallest absolute Gasteiger partial charge is 0.248 e. The van der Waals surface area contributed by atoms with Crippen LogP contribution in [0.1, 0.15) is 62.4 Å². The number of aromatic nitrogens is 2. The molecule has 0 aromatic carbocycles. The van der Waals surface area contributed by atoms with Crippen LogP contribution in [0.15, 0.2) is 12.3 Å². The van der Waals surface area contributed by atoms with Crippen LogP contribution in [0.3, 0.4) is 0 Å². The highest BCUT2D eigenvalue weighted by Gasteiger charge is 2.44. The number of nitrogens with zero attached hydrogens (tertiary/aromatic N) is 2. The van der Waals surface area contributed by atoms with Crippen LogP contribution in [0, 0.1) is 11.8 Å². The average Bonchev–Trinajstić information content (AvgIpc) is 3.44. The van der Waals surface area contributed by atoms with Gasteiger partial charge in [-0.05, 0) is 50.5 Å². The molecule has 0 radical (unpaired) electrons. The molecule has 1 aromatic rings. The van der Waals surface area contributed by atoms with E-state index in [9.17, 15) is 19.0 Å². The molecule has 0 saturated heterocycles. The van der Waals surface area contributed by atoms with Crippen molar-refractivity contribution in [1.82, 2.24) is 15.3 Å². The van der Waals surface area contributed by atoms with Crippen LogP contribution in [0.5, 0.6) is 0 Å². The summed E-state index contributed by atoms with van der Waals surface area (Å²) in [5.41, 5.74) is 0.937. The number of aliphatic hydroxyl groups excluding tert-OH is 2. The van der Waals surface area contributed by atoms with Crippen LogP contribution in [0.25, 0.3) is 0 Å². The van der Waals surface area contributed by atoms with E-state index < -0.39 is 12.0 Å². The molecule has 1 heterocycles. The Morgan fingerprint density at radius 3 is 2.56 bits per heavy atom. The molecule has 5 nitrogen and oxygen atoms in total. The van der Waals surface area contributed by atoms with Gasteiger partial charge in [0.15, 0.2) is 0 Å². The first-order valence-electron chi connectivity index (χ1n) is 10.2. The zero-order valence-electron chi connectivity index (χ0n) is 15.5. The minimum Gasteiger partial charge on any atom is -0.396 e. The van der Waals surface area contributed by atoms with Crippen molar-refractivity contribution in [2.75, 3.05) is 6.61 Å². The van der Waals surface area contributed by atoms with Gasteiger partial charge in [0.25, 0.3) is 0 Å². The lowest BCUT2D eigenvalue weighted by molar-refractivity contribution is -0.0417. The third-order valence-corrected chi connectivity index (χ3v) is 6.55. The van der Waals surface area contributed by atoms with Crippen LogP contribution in [0.4, 0.5) is 8.78 Å². The molecule has 0 aliphatic heterocycles. The van der Waals surface area contributed by atoms with E-state index in [1.54, 1.807) is 6.20 Å². The molecule has 0 amide bonds. The van der Waals surface area contributed by atoms with E-state index in [1.807, 2.05) is 6.07 Å². The monoisotopic (exact) mass is 381 g/mol. The van der Waals surface area contributed by atoms with Crippen molar-refractivity contribution in [2.24, 2.45) is 11.8 Å². The molecule has 27 heavy (non-hydrogen) atoms. The van der Waals surface area contributed by atoms with Crippen molar-refractivity contribution in [3.05, 3.63) is 23.8 Å². The molecule has 3 saturated carbocycles. The number of nitrogens with one attached hydrogen (secondary N) is 1. The summed E-state index contributed by atoms with van der Waals surface area (Å²) in [5, 5.41) is 23.8. The highest BCUT2D eigenvalue weighted by atomic mass is 19.3. The highest BCUT2D eigenvalue weighted by molar-refractivity contribution is 5.12. The molecule has 3 aliphatic carbocycles. The molecule has 0 spiro atoms. The summed E-state index contributed by atoms with van der Waals surface area (Å²) in [6, 6.07) is 1.96. The van der Waals surface area contributed by atoms with Crippen molar-refractivity contribution in [3.8, 4) is 0 Å². The first kappa shape index (κ1) is 19.2. The molecule has 3 fully saturated rings. The third-order valence-electron chi connectivity index (χ3n) is 6.55. The first-order valence-corrected chi connectivity index (χ1v) is 10.2. The third kappa shape index (κ3) is 4.46. The van der Waals surface area contributed by atoms with E-state index in [0.717, 1.165) is 24.4 Å². The lowest BCUT2D eigenvalue weighted by Gasteiger charge is -2.33. The summed E-state index contributed by atoms with van der Waals surface area (Å²) in [6.07, 6.45) is 5.45. The van der Waals surface area contributed by atoms with Gasteiger partial charge in [0, 0.05) is 55.3 Å². The van der Waals surface area contributed by atoms with Gasteiger partial charge in [-0.15, -0.1) is 0 Å². The second-order valence-corrected chi connectivity index (χ2v) is 8.60. The van der Waals surface area contributed by atoms with Crippen LogP contribution < -0.4 is 5.32 Å². The molecule has 4 unspecified atom stereocenters. The van der Waals surface area contributed by atoms with Gasteiger partial charge in [0.1, 0.15) is 5.82 Å². The summed E-state index contributed by atoms with van der Waals surface area (Å²) in [4.78, 5) is 9.05. The summed E-state index contributed by atoms with van der Waals surface area (Å²) in [6.45, 7) is -0.0761. The van der Waals surface area contributed by atoms with E-state index in [2.05, 4.69) is 10.3 Å². The van der Waals surface area contributed by atoms with E-state index in [-0.39, 0.29) is 43.4 Å². The predicted octanol–water partition coefficient (Wildman–Crippen LogP) is 2.42. The normalized spacial score (nSPS) is 34.1. The van der Waals surface area contributed by atoms with Gasteiger partial charge in [-0.25, -0.2) is 18.7 Å². The second-order valence-electron chi connectivity index (χ2n) is 8.60. The van der Waals surface area contributed by atoms with Gasteiger partial charge in [-0.2, -0.15) is 0 Å². The van der Waals surface area contributed by atoms with Crippen LogP contribution >= 0.6 is 0 Å². The molecule has 150 valence electrons. The molecular weight excluding hydrogens is 352 g/mol. The number of hydrogen-bond donors (Lipinski definition) is 3. The van der Waals surface area contributed by atoms with E-state index in [4.69, 9.17) is 4.98 Å². The van der Waals surface area contributed by atoms with Crippen LogP contribution in [-0.4, -0.2) is 50.9 Å². The standard InChI is InChI=1S/C20H29F2N3O2/c21-20(22)6-3-13(4-7-20)24-17-10-18(27)16(11-26)15(17)9-14-5-8-23-19(25-14)12-1-2-12/h5,8,12-13,15-18,24,26-27H,1-4,6-7,9-11H2. The molecule has 3 aliphatic rings. The van der Waals surface area contributed by atoms with E-state index >= 15 is 0 Å². The maximum absolute atomic E-state index is 13.4. The summed E-state index contributed by atoms with van der Waals surface area (Å²) < 4.78 is 26.9. The largest absolute Gasteiger partial charge is 0.396 e. The average molecular weight is 381 g/mol. The molecule has 7 heteroatoms. The first-order chi connectivity index (χ1) is 12.9. The SMILES string of the molecule is OCC1C(O)CC(NC2CCC(F)(F)CC2)C1Cc1ccnc(C2CC2)n1. The topological polar surface area (TPSA) is 78.3 Å². The second kappa shape index (κ2) is 7.68. The Kier molecular flexibility index (Phi) is 5.45. The fourth-order valence-corrected chi connectivity index (χ4v) is 4.75. The molecule has 3 N–H and O–H groups in total. The predicted molar refractivity (Wildman–Crippen MR) is 96.5 cm³/mol. The fraction of sp³-hybridized carbons (Fsp3) is 0.800. The van der Waals surface area contributed by atoms with Crippen LogP contribution in [-0.2, 0) is 6.42 Å². The summed E-state index contributed by atoms with van der Waals surface area (Å²) >= 11 is 0. The Bertz CT molecular complexity index is 646. The Labute approximate surface area is 158 Å². The van der Waals surface area contributed by atoms with Gasteiger partial charge in [0.2, 0.25) is 5.92 Å².